The third-order valence-corrected chi connectivity index (χ3v) is 3.45. The fraction of sp³-hybridized carbons (Fsp3) is 0.200. The Balaban J connectivity index is 1.95. The van der Waals surface area contributed by atoms with E-state index >= 15 is 0 Å². The number of pyridine rings is 1. The van der Waals surface area contributed by atoms with Crippen LogP contribution in [0.2, 0.25) is 5.02 Å². The SMILES string of the molecule is CC1=NN(c2ccccn2)C(c2ccc(Cl)cc2)C1. The zero-order valence-electron chi connectivity index (χ0n) is 10.6. The minimum atomic E-state index is 0.201. The van der Waals surface area contributed by atoms with Gasteiger partial charge in [0.1, 0.15) is 5.82 Å². The van der Waals surface area contributed by atoms with E-state index in [1.54, 1.807) is 6.20 Å². The Morgan fingerprint density at radius 1 is 1.16 bits per heavy atom. The van der Waals surface area contributed by atoms with Gasteiger partial charge in [-0.05, 0) is 36.8 Å². The molecule has 0 N–H and O–H groups in total. The molecule has 3 nitrogen and oxygen atoms in total. The normalized spacial score (nSPS) is 18.5. The maximum absolute atomic E-state index is 5.95. The minimum absolute atomic E-state index is 0.201. The van der Waals surface area contributed by atoms with Gasteiger partial charge < -0.3 is 0 Å². The van der Waals surface area contributed by atoms with E-state index in [2.05, 4.69) is 22.2 Å². The van der Waals surface area contributed by atoms with Gasteiger partial charge in [0.05, 0.1) is 6.04 Å². The van der Waals surface area contributed by atoms with Gasteiger partial charge >= 0.3 is 0 Å². The van der Waals surface area contributed by atoms with Gasteiger partial charge in [0.25, 0.3) is 0 Å². The molecule has 19 heavy (non-hydrogen) atoms. The van der Waals surface area contributed by atoms with Gasteiger partial charge in [0.15, 0.2) is 0 Å². The number of halogens is 1. The maximum atomic E-state index is 5.95. The average molecular weight is 272 g/mol. The fourth-order valence-corrected chi connectivity index (χ4v) is 2.43. The van der Waals surface area contributed by atoms with Crippen LogP contribution in [0.4, 0.5) is 5.82 Å². The molecule has 1 aromatic heterocycles. The Kier molecular flexibility index (Phi) is 3.22. The molecule has 0 saturated heterocycles. The van der Waals surface area contributed by atoms with E-state index in [0.717, 1.165) is 23.0 Å². The lowest BCUT2D eigenvalue weighted by Gasteiger charge is -2.22. The number of benzene rings is 1. The lowest BCUT2D eigenvalue weighted by molar-refractivity contribution is 0.699. The molecule has 0 aliphatic carbocycles. The maximum Gasteiger partial charge on any atom is 0.149 e. The van der Waals surface area contributed by atoms with Crippen LogP contribution < -0.4 is 5.01 Å². The van der Waals surface area contributed by atoms with Crippen molar-refractivity contribution in [3.05, 3.63) is 59.2 Å². The van der Waals surface area contributed by atoms with Crippen LogP contribution in [0.15, 0.2) is 53.8 Å². The number of rotatable bonds is 2. The zero-order valence-corrected chi connectivity index (χ0v) is 11.4. The van der Waals surface area contributed by atoms with E-state index in [1.165, 1.54) is 5.56 Å². The van der Waals surface area contributed by atoms with E-state index in [0.29, 0.717) is 0 Å². The van der Waals surface area contributed by atoms with Crippen molar-refractivity contribution in [2.45, 2.75) is 19.4 Å². The second-order valence-corrected chi connectivity index (χ2v) is 5.08. The summed E-state index contributed by atoms with van der Waals surface area (Å²) in [5.41, 5.74) is 2.32. The van der Waals surface area contributed by atoms with Gasteiger partial charge in [-0.15, -0.1) is 0 Å². The van der Waals surface area contributed by atoms with E-state index < -0.39 is 0 Å². The molecule has 1 unspecified atom stereocenters. The van der Waals surface area contributed by atoms with Crippen LogP contribution in [0.5, 0.6) is 0 Å². The summed E-state index contributed by atoms with van der Waals surface area (Å²) < 4.78 is 0. The predicted molar refractivity (Wildman–Crippen MR) is 78.6 cm³/mol. The van der Waals surface area contributed by atoms with Crippen LogP contribution in [-0.2, 0) is 0 Å². The van der Waals surface area contributed by atoms with Crippen LogP contribution in [0.3, 0.4) is 0 Å². The molecule has 0 spiro atoms. The molecule has 0 bridgehead atoms. The summed E-state index contributed by atoms with van der Waals surface area (Å²) in [7, 11) is 0. The number of hydrogen-bond donors (Lipinski definition) is 0. The molecule has 0 radical (unpaired) electrons. The van der Waals surface area contributed by atoms with Gasteiger partial charge in [-0.1, -0.05) is 29.8 Å². The summed E-state index contributed by atoms with van der Waals surface area (Å²) in [6.07, 6.45) is 2.70. The molecular weight excluding hydrogens is 258 g/mol. The van der Waals surface area contributed by atoms with Crippen molar-refractivity contribution in [3.63, 3.8) is 0 Å². The lowest BCUT2D eigenvalue weighted by Crippen LogP contribution is -2.19. The predicted octanol–water partition coefficient (Wildman–Crippen LogP) is 4.06. The molecule has 1 aromatic carbocycles. The molecule has 2 heterocycles. The van der Waals surface area contributed by atoms with Crippen molar-refractivity contribution in [1.82, 2.24) is 4.98 Å². The molecule has 0 amide bonds. The van der Waals surface area contributed by atoms with Crippen molar-refractivity contribution >= 4 is 23.1 Å². The van der Waals surface area contributed by atoms with Gasteiger partial charge in [0.2, 0.25) is 0 Å². The average Bonchev–Trinajstić information content (AvgIpc) is 2.83. The molecule has 1 atom stereocenters. The van der Waals surface area contributed by atoms with E-state index in [4.69, 9.17) is 11.6 Å². The molecule has 2 aromatic rings. The summed E-state index contributed by atoms with van der Waals surface area (Å²) in [6, 6.07) is 14.0. The van der Waals surface area contributed by atoms with Crippen LogP contribution in [-0.4, -0.2) is 10.7 Å². The number of hydrazone groups is 1. The van der Waals surface area contributed by atoms with Crippen molar-refractivity contribution < 1.29 is 0 Å². The van der Waals surface area contributed by atoms with Gasteiger partial charge in [-0.2, -0.15) is 5.10 Å². The van der Waals surface area contributed by atoms with E-state index in [9.17, 15) is 0 Å². The Bertz CT molecular complexity index is 593. The quantitative estimate of drug-likeness (QED) is 0.824. The summed E-state index contributed by atoms with van der Waals surface area (Å²) >= 11 is 5.95. The molecule has 0 saturated carbocycles. The molecule has 1 aliphatic rings. The first kappa shape index (κ1) is 12.2. The molecule has 3 rings (SSSR count). The van der Waals surface area contributed by atoms with E-state index in [1.807, 2.05) is 42.3 Å². The Hall–Kier alpha value is -1.87. The third-order valence-electron chi connectivity index (χ3n) is 3.20. The van der Waals surface area contributed by atoms with Crippen molar-refractivity contribution in [2.24, 2.45) is 5.10 Å². The van der Waals surface area contributed by atoms with E-state index in [-0.39, 0.29) is 6.04 Å². The number of nitrogens with zero attached hydrogens (tertiary/aromatic N) is 3. The number of anilines is 1. The molecule has 1 aliphatic heterocycles. The lowest BCUT2D eigenvalue weighted by atomic mass is 10.0. The van der Waals surface area contributed by atoms with Crippen molar-refractivity contribution in [3.8, 4) is 0 Å². The summed E-state index contributed by atoms with van der Waals surface area (Å²) in [4.78, 5) is 4.38. The Morgan fingerprint density at radius 3 is 2.63 bits per heavy atom. The van der Waals surface area contributed by atoms with Crippen LogP contribution in [0.25, 0.3) is 0 Å². The standard InChI is InChI=1S/C15H14ClN3/c1-11-10-14(12-5-7-13(16)8-6-12)19(18-11)15-4-2-3-9-17-15/h2-9,14H,10H2,1H3. The highest BCUT2D eigenvalue weighted by Gasteiger charge is 2.27. The Labute approximate surface area is 117 Å². The van der Waals surface area contributed by atoms with Crippen molar-refractivity contribution in [2.75, 3.05) is 5.01 Å². The second kappa shape index (κ2) is 5.02. The smallest absolute Gasteiger partial charge is 0.149 e. The van der Waals surface area contributed by atoms with Crippen molar-refractivity contribution in [1.29, 1.82) is 0 Å². The first-order valence-electron chi connectivity index (χ1n) is 6.24. The Morgan fingerprint density at radius 2 is 1.95 bits per heavy atom. The molecular formula is C15H14ClN3. The van der Waals surface area contributed by atoms with Crippen LogP contribution in [0.1, 0.15) is 24.9 Å². The first-order chi connectivity index (χ1) is 9.24. The third kappa shape index (κ3) is 2.47. The zero-order chi connectivity index (χ0) is 13.2. The van der Waals surface area contributed by atoms with Crippen LogP contribution in [0, 0.1) is 0 Å². The topological polar surface area (TPSA) is 28.5 Å². The van der Waals surface area contributed by atoms with Gasteiger partial charge in [-0.25, -0.2) is 9.99 Å². The molecule has 0 fully saturated rings. The van der Waals surface area contributed by atoms with Gasteiger partial charge in [0, 0.05) is 23.4 Å². The van der Waals surface area contributed by atoms with Crippen LogP contribution >= 0.6 is 11.6 Å². The summed E-state index contributed by atoms with van der Waals surface area (Å²) in [5.74, 6) is 0.874. The number of hydrogen-bond acceptors (Lipinski definition) is 3. The summed E-state index contributed by atoms with van der Waals surface area (Å²) in [6.45, 7) is 2.05. The largest absolute Gasteiger partial charge is 0.240 e. The monoisotopic (exact) mass is 271 g/mol. The molecule has 4 heteroatoms. The fourth-order valence-electron chi connectivity index (χ4n) is 2.30. The highest BCUT2D eigenvalue weighted by atomic mass is 35.5. The highest BCUT2D eigenvalue weighted by Crippen LogP contribution is 2.34. The highest BCUT2D eigenvalue weighted by molar-refractivity contribution is 6.30. The first-order valence-corrected chi connectivity index (χ1v) is 6.61. The number of aromatic nitrogens is 1. The molecule has 96 valence electrons. The summed E-state index contributed by atoms with van der Waals surface area (Å²) in [5, 5.41) is 7.33. The minimum Gasteiger partial charge on any atom is -0.240 e. The second-order valence-electron chi connectivity index (χ2n) is 4.64. The van der Waals surface area contributed by atoms with Gasteiger partial charge in [-0.3, -0.25) is 0 Å².